The molecule has 4 aliphatic rings. The molecule has 3 saturated carbocycles. The summed E-state index contributed by atoms with van der Waals surface area (Å²) >= 11 is 2.49. The van der Waals surface area contributed by atoms with Crippen molar-refractivity contribution in [2.45, 2.75) is 77.9 Å². The lowest BCUT2D eigenvalue weighted by Gasteiger charge is -2.57. The Hall–Kier alpha value is 0.0600. The third-order valence-electron chi connectivity index (χ3n) is 10.1. The molecule has 0 bridgehead atoms. The molecular formula is C25H41INO2+. The highest BCUT2D eigenvalue weighted by Gasteiger charge is 2.64. The minimum absolute atomic E-state index is 0.135. The molecule has 8 atom stereocenters. The predicted octanol–water partition coefficient (Wildman–Crippen LogP) is 5.01. The summed E-state index contributed by atoms with van der Waals surface area (Å²) in [5.41, 5.74) is 1.98. The molecule has 0 amide bonds. The summed E-state index contributed by atoms with van der Waals surface area (Å²) in [5.74, 6) is 2.74. The van der Waals surface area contributed by atoms with Crippen LogP contribution in [-0.4, -0.2) is 52.6 Å². The first kappa shape index (κ1) is 22.3. The molecule has 164 valence electrons. The normalized spacial score (nSPS) is 47.1. The molecule has 8 unspecified atom stereocenters. The second-order valence-electron chi connectivity index (χ2n) is 11.8. The van der Waals surface area contributed by atoms with Crippen molar-refractivity contribution in [3.05, 3.63) is 11.6 Å². The highest BCUT2D eigenvalue weighted by atomic mass is 127. The maximum atomic E-state index is 13.0. The van der Waals surface area contributed by atoms with Crippen LogP contribution in [0, 0.1) is 34.5 Å². The number of carbonyl (C=O) groups is 1. The van der Waals surface area contributed by atoms with Gasteiger partial charge in [0.15, 0.2) is 0 Å². The molecule has 3 nitrogen and oxygen atoms in total. The Morgan fingerprint density at radius 2 is 1.97 bits per heavy atom. The lowest BCUT2D eigenvalue weighted by atomic mass is 9.47. The number of fused-ring (bicyclic) bond motifs is 5. The molecule has 1 N–H and O–H groups in total. The van der Waals surface area contributed by atoms with E-state index in [9.17, 15) is 9.90 Å². The van der Waals surface area contributed by atoms with Crippen LogP contribution < -0.4 is 0 Å². The number of halogens is 1. The standard InChI is InChI=1S/C25H41INO2/c1-16(28)23-22(27(4,5)13-12-26)15-21-19-7-6-17-14-18(29)8-10-24(17,2)20(19)9-11-25(21,23)3/h6,18-23,29H,7-15H2,1-5H3/q+1. The number of nitrogens with zero attached hydrogens (tertiary/aromatic N) is 1. The van der Waals surface area contributed by atoms with E-state index < -0.39 is 0 Å². The van der Waals surface area contributed by atoms with Gasteiger partial charge in [-0.2, -0.15) is 0 Å². The molecule has 0 aliphatic heterocycles. The Bertz CT molecular complexity index is 703. The number of aliphatic hydroxyl groups excluding tert-OH is 1. The molecule has 29 heavy (non-hydrogen) atoms. The number of carbonyl (C=O) groups excluding carboxylic acids is 1. The topological polar surface area (TPSA) is 37.3 Å². The predicted molar refractivity (Wildman–Crippen MR) is 127 cm³/mol. The van der Waals surface area contributed by atoms with Crippen molar-refractivity contribution in [3.63, 3.8) is 0 Å². The van der Waals surface area contributed by atoms with Gasteiger partial charge in [0.25, 0.3) is 0 Å². The first-order valence-electron chi connectivity index (χ1n) is 11.8. The van der Waals surface area contributed by atoms with Crippen LogP contribution in [0.4, 0.5) is 0 Å². The Kier molecular flexibility index (Phi) is 5.82. The summed E-state index contributed by atoms with van der Waals surface area (Å²) in [6.45, 7) is 7.97. The summed E-state index contributed by atoms with van der Waals surface area (Å²) in [6.07, 6.45) is 10.2. The van der Waals surface area contributed by atoms with Gasteiger partial charge in [0, 0.05) is 10.8 Å². The maximum absolute atomic E-state index is 13.0. The van der Waals surface area contributed by atoms with Crippen molar-refractivity contribution in [3.8, 4) is 0 Å². The van der Waals surface area contributed by atoms with Gasteiger partial charge in [0.2, 0.25) is 0 Å². The summed E-state index contributed by atoms with van der Waals surface area (Å²) in [7, 11) is 4.72. The van der Waals surface area contributed by atoms with Crippen LogP contribution in [-0.2, 0) is 4.79 Å². The first-order valence-corrected chi connectivity index (χ1v) is 13.3. The van der Waals surface area contributed by atoms with Crippen LogP contribution in [0.15, 0.2) is 11.6 Å². The minimum atomic E-state index is -0.135. The first-order chi connectivity index (χ1) is 13.5. The average molecular weight is 515 g/mol. The highest BCUT2D eigenvalue weighted by molar-refractivity contribution is 14.1. The number of aliphatic hydroxyl groups is 1. The second kappa shape index (κ2) is 7.58. The molecule has 0 saturated heterocycles. The number of ketones is 1. The lowest BCUT2D eigenvalue weighted by molar-refractivity contribution is -0.914. The van der Waals surface area contributed by atoms with Crippen molar-refractivity contribution < 1.29 is 14.4 Å². The number of hydrogen-bond acceptors (Lipinski definition) is 2. The fourth-order valence-corrected chi connectivity index (χ4v) is 9.71. The van der Waals surface area contributed by atoms with Crippen molar-refractivity contribution in [1.82, 2.24) is 0 Å². The number of quaternary nitrogens is 1. The van der Waals surface area contributed by atoms with Crippen molar-refractivity contribution in [2.24, 2.45) is 34.5 Å². The summed E-state index contributed by atoms with van der Waals surface area (Å²) in [5, 5.41) is 10.2. The van der Waals surface area contributed by atoms with E-state index >= 15 is 0 Å². The molecule has 0 aromatic heterocycles. The minimum Gasteiger partial charge on any atom is -0.393 e. The number of rotatable bonds is 4. The maximum Gasteiger partial charge on any atom is 0.139 e. The Morgan fingerprint density at radius 1 is 1.24 bits per heavy atom. The number of Topliss-reactive ketones (excluding diaryl/α,β-unsaturated/α-hetero) is 1. The summed E-state index contributed by atoms with van der Waals surface area (Å²) in [6, 6.07) is 0.461. The molecule has 0 aromatic rings. The Morgan fingerprint density at radius 3 is 2.62 bits per heavy atom. The summed E-state index contributed by atoms with van der Waals surface area (Å²) < 4.78 is 2.13. The molecule has 4 aliphatic carbocycles. The van der Waals surface area contributed by atoms with E-state index in [0.717, 1.165) is 40.6 Å². The Balaban J connectivity index is 1.69. The number of alkyl halides is 1. The van der Waals surface area contributed by atoms with Crippen LogP contribution in [0.5, 0.6) is 0 Å². The highest BCUT2D eigenvalue weighted by Crippen LogP contribution is 2.67. The third-order valence-corrected chi connectivity index (χ3v) is 10.6. The lowest BCUT2D eigenvalue weighted by Crippen LogP contribution is -2.55. The zero-order chi connectivity index (χ0) is 21.2. The zero-order valence-corrected chi connectivity index (χ0v) is 21.2. The van der Waals surface area contributed by atoms with Gasteiger partial charge in [-0.05, 0) is 74.0 Å². The fourth-order valence-electron chi connectivity index (χ4n) is 8.46. The SMILES string of the molecule is CC(=O)C1C([N+](C)(C)CCI)CC2C3CC=C4CC(O)CCC4(C)C3CCC21C. The third kappa shape index (κ3) is 3.38. The fraction of sp³-hybridized carbons (Fsp3) is 0.880. The van der Waals surface area contributed by atoms with Gasteiger partial charge in [0.05, 0.1) is 38.7 Å². The van der Waals surface area contributed by atoms with E-state index in [2.05, 4.69) is 56.6 Å². The van der Waals surface area contributed by atoms with Gasteiger partial charge in [-0.15, -0.1) is 0 Å². The molecular weight excluding hydrogens is 473 g/mol. The molecule has 0 radical (unpaired) electrons. The van der Waals surface area contributed by atoms with E-state index in [1.165, 1.54) is 25.7 Å². The molecule has 4 rings (SSSR count). The quantitative estimate of drug-likeness (QED) is 0.248. The van der Waals surface area contributed by atoms with E-state index in [-0.39, 0.29) is 22.9 Å². The largest absolute Gasteiger partial charge is 0.393 e. The molecule has 0 aromatic carbocycles. The molecule has 4 heteroatoms. The number of hydrogen-bond donors (Lipinski definition) is 1. The summed E-state index contributed by atoms with van der Waals surface area (Å²) in [4.78, 5) is 13.0. The van der Waals surface area contributed by atoms with Crippen LogP contribution in [0.25, 0.3) is 0 Å². The van der Waals surface area contributed by atoms with Crippen molar-refractivity contribution >= 4 is 28.4 Å². The van der Waals surface area contributed by atoms with Gasteiger partial charge in [-0.1, -0.05) is 48.1 Å². The van der Waals surface area contributed by atoms with E-state index in [1.807, 2.05) is 6.92 Å². The molecule has 0 heterocycles. The van der Waals surface area contributed by atoms with Gasteiger partial charge in [0.1, 0.15) is 5.78 Å². The van der Waals surface area contributed by atoms with E-state index in [1.54, 1.807) is 5.57 Å². The van der Waals surface area contributed by atoms with Gasteiger partial charge in [-0.25, -0.2) is 0 Å². The molecule has 0 spiro atoms. The van der Waals surface area contributed by atoms with Crippen LogP contribution in [0.3, 0.4) is 0 Å². The zero-order valence-electron chi connectivity index (χ0n) is 19.1. The average Bonchev–Trinajstić information content (AvgIpc) is 2.96. The van der Waals surface area contributed by atoms with Gasteiger partial charge >= 0.3 is 0 Å². The van der Waals surface area contributed by atoms with Crippen LogP contribution >= 0.6 is 22.6 Å². The van der Waals surface area contributed by atoms with Gasteiger partial charge in [-0.3, -0.25) is 4.79 Å². The molecule has 3 fully saturated rings. The monoisotopic (exact) mass is 514 g/mol. The smallest absolute Gasteiger partial charge is 0.139 e. The second-order valence-corrected chi connectivity index (χ2v) is 12.9. The van der Waals surface area contributed by atoms with Crippen molar-refractivity contribution in [2.75, 3.05) is 25.1 Å². The van der Waals surface area contributed by atoms with E-state index in [4.69, 9.17) is 0 Å². The van der Waals surface area contributed by atoms with Crippen LogP contribution in [0.2, 0.25) is 0 Å². The van der Waals surface area contributed by atoms with Gasteiger partial charge < -0.3 is 9.59 Å². The van der Waals surface area contributed by atoms with E-state index in [0.29, 0.717) is 23.7 Å². The number of allylic oxidation sites excluding steroid dienone is 1. The van der Waals surface area contributed by atoms with Crippen LogP contribution in [0.1, 0.15) is 65.7 Å². The van der Waals surface area contributed by atoms with Crippen molar-refractivity contribution in [1.29, 1.82) is 0 Å². The Labute approximate surface area is 191 Å².